The van der Waals surface area contributed by atoms with Crippen LogP contribution in [0, 0.1) is 5.82 Å². The summed E-state index contributed by atoms with van der Waals surface area (Å²) < 4.78 is 18.9. The molecule has 8 heteroatoms. The van der Waals surface area contributed by atoms with Crippen molar-refractivity contribution in [1.82, 2.24) is 20.2 Å². The fourth-order valence-corrected chi connectivity index (χ4v) is 3.93. The fourth-order valence-electron chi connectivity index (χ4n) is 3.93. The van der Waals surface area contributed by atoms with Crippen LogP contribution in [0.15, 0.2) is 60.9 Å². The molecule has 1 aliphatic heterocycles. The second kappa shape index (κ2) is 8.99. The summed E-state index contributed by atoms with van der Waals surface area (Å²) in [5, 5.41) is 2.80. The number of methoxy groups -OCH3 is 1. The van der Waals surface area contributed by atoms with Crippen LogP contribution < -0.4 is 5.32 Å². The normalized spacial score (nSPS) is 16.3. The first-order valence-electron chi connectivity index (χ1n) is 10.0. The minimum absolute atomic E-state index is 0.297. The highest BCUT2D eigenvalue weighted by atomic mass is 19.1. The van der Waals surface area contributed by atoms with Gasteiger partial charge in [-0.05, 0) is 23.3 Å². The van der Waals surface area contributed by atoms with Crippen LogP contribution >= 0.6 is 0 Å². The van der Waals surface area contributed by atoms with Crippen molar-refractivity contribution in [3.05, 3.63) is 89.3 Å². The van der Waals surface area contributed by atoms with E-state index in [-0.39, 0.29) is 0 Å². The van der Waals surface area contributed by atoms with E-state index in [0.29, 0.717) is 30.6 Å². The molecule has 2 atom stereocenters. The highest BCUT2D eigenvalue weighted by Crippen LogP contribution is 2.33. The summed E-state index contributed by atoms with van der Waals surface area (Å²) in [6.07, 6.45) is 2.45. The van der Waals surface area contributed by atoms with Crippen molar-refractivity contribution in [2.75, 3.05) is 13.7 Å². The fraction of sp³-hybridized carbons (Fsp3) is 0.261. The number of nitrogens with zero attached hydrogens (tertiary/aromatic N) is 2. The smallest absolute Gasteiger partial charge is 0.328 e. The number of hydrogen-bond donors (Lipinski definition) is 2. The maximum atomic E-state index is 13.9. The Morgan fingerprint density at radius 1 is 1.26 bits per heavy atom. The van der Waals surface area contributed by atoms with Gasteiger partial charge in [0.05, 0.1) is 19.1 Å². The standard InChI is InChI=1S/C23H23FN4O3/c1-31-22(29)19(12-15-6-3-2-4-7-15)27-23(30)28-11-10-18-20(26-14-25-18)21(28)16-8-5-9-17(24)13-16/h2-9,13-14,19,21H,10-12H2,1H3,(H,25,26)(H,27,30). The van der Waals surface area contributed by atoms with Gasteiger partial charge in [0, 0.05) is 25.1 Å². The van der Waals surface area contributed by atoms with Gasteiger partial charge in [0.15, 0.2) is 0 Å². The van der Waals surface area contributed by atoms with E-state index in [0.717, 1.165) is 11.3 Å². The first kappa shape index (κ1) is 20.6. The van der Waals surface area contributed by atoms with Crippen LogP contribution in [0.4, 0.5) is 9.18 Å². The van der Waals surface area contributed by atoms with E-state index in [4.69, 9.17) is 4.74 Å². The molecule has 0 saturated carbocycles. The maximum absolute atomic E-state index is 13.9. The lowest BCUT2D eigenvalue weighted by Crippen LogP contribution is -2.52. The maximum Gasteiger partial charge on any atom is 0.328 e. The zero-order valence-corrected chi connectivity index (χ0v) is 17.0. The van der Waals surface area contributed by atoms with Gasteiger partial charge >= 0.3 is 12.0 Å². The van der Waals surface area contributed by atoms with Crippen molar-refractivity contribution in [3.8, 4) is 0 Å². The number of aromatic amines is 1. The number of urea groups is 1. The van der Waals surface area contributed by atoms with E-state index >= 15 is 0 Å². The van der Waals surface area contributed by atoms with Crippen molar-refractivity contribution in [2.45, 2.75) is 24.9 Å². The summed E-state index contributed by atoms with van der Waals surface area (Å²) in [4.78, 5) is 34.7. The summed E-state index contributed by atoms with van der Waals surface area (Å²) in [7, 11) is 1.29. The van der Waals surface area contributed by atoms with Gasteiger partial charge in [-0.2, -0.15) is 0 Å². The summed E-state index contributed by atoms with van der Waals surface area (Å²) in [6.45, 7) is 0.390. The van der Waals surface area contributed by atoms with Crippen molar-refractivity contribution < 1.29 is 18.7 Å². The van der Waals surface area contributed by atoms with Crippen LogP contribution in [-0.4, -0.2) is 46.6 Å². The Labute approximate surface area is 179 Å². The van der Waals surface area contributed by atoms with Crippen molar-refractivity contribution in [2.24, 2.45) is 0 Å². The third-order valence-corrected chi connectivity index (χ3v) is 5.42. The molecule has 2 N–H and O–H groups in total. The third-order valence-electron chi connectivity index (χ3n) is 5.42. The van der Waals surface area contributed by atoms with Crippen molar-refractivity contribution in [1.29, 1.82) is 0 Å². The Hall–Kier alpha value is -3.68. The van der Waals surface area contributed by atoms with E-state index in [1.54, 1.807) is 23.4 Å². The summed E-state index contributed by atoms with van der Waals surface area (Å²) in [6, 6.07) is 13.7. The van der Waals surface area contributed by atoms with Crippen LogP contribution in [0.2, 0.25) is 0 Å². The van der Waals surface area contributed by atoms with Crippen LogP contribution in [0.25, 0.3) is 0 Å². The van der Waals surface area contributed by atoms with Crippen LogP contribution in [0.1, 0.15) is 28.6 Å². The number of nitrogens with one attached hydrogen (secondary N) is 2. The first-order chi connectivity index (χ1) is 15.1. The van der Waals surface area contributed by atoms with E-state index in [1.165, 1.54) is 19.2 Å². The molecule has 0 aliphatic carbocycles. The van der Waals surface area contributed by atoms with E-state index < -0.39 is 29.9 Å². The molecule has 0 bridgehead atoms. The molecule has 2 unspecified atom stereocenters. The topological polar surface area (TPSA) is 87.3 Å². The average molecular weight is 422 g/mol. The number of aromatic nitrogens is 2. The Balaban J connectivity index is 1.61. The molecule has 7 nitrogen and oxygen atoms in total. The molecule has 1 aliphatic rings. The van der Waals surface area contributed by atoms with Crippen molar-refractivity contribution >= 4 is 12.0 Å². The number of esters is 1. The van der Waals surface area contributed by atoms with Gasteiger partial charge in [0.25, 0.3) is 0 Å². The first-order valence-corrected chi connectivity index (χ1v) is 10.0. The van der Waals surface area contributed by atoms with Gasteiger partial charge in [-0.25, -0.2) is 19.0 Å². The molecular weight excluding hydrogens is 399 g/mol. The lowest BCUT2D eigenvalue weighted by molar-refractivity contribution is -0.142. The molecular formula is C23H23FN4O3. The van der Waals surface area contributed by atoms with Crippen LogP contribution in [-0.2, 0) is 22.4 Å². The molecule has 4 rings (SSSR count). The second-order valence-corrected chi connectivity index (χ2v) is 7.38. The van der Waals surface area contributed by atoms with Crippen molar-refractivity contribution in [3.63, 3.8) is 0 Å². The molecule has 160 valence electrons. The lowest BCUT2D eigenvalue weighted by atomic mass is 9.96. The minimum Gasteiger partial charge on any atom is -0.467 e. The molecule has 0 saturated heterocycles. The monoisotopic (exact) mass is 422 g/mol. The van der Waals surface area contributed by atoms with Gasteiger partial charge in [-0.1, -0.05) is 42.5 Å². The quantitative estimate of drug-likeness (QED) is 0.619. The molecule has 2 amide bonds. The molecule has 1 aromatic heterocycles. The zero-order valence-electron chi connectivity index (χ0n) is 17.0. The number of H-pyrrole nitrogens is 1. The van der Waals surface area contributed by atoms with Gasteiger partial charge < -0.3 is 19.9 Å². The number of halogens is 1. The molecule has 31 heavy (non-hydrogen) atoms. The largest absolute Gasteiger partial charge is 0.467 e. The molecule has 3 aromatic rings. The number of benzene rings is 2. The number of amides is 2. The van der Waals surface area contributed by atoms with E-state index in [9.17, 15) is 14.0 Å². The molecule has 0 fully saturated rings. The number of hydrogen-bond acceptors (Lipinski definition) is 4. The summed E-state index contributed by atoms with van der Waals surface area (Å²) >= 11 is 0. The lowest BCUT2D eigenvalue weighted by Gasteiger charge is -2.36. The Morgan fingerprint density at radius 2 is 2.06 bits per heavy atom. The number of carbonyl (C=O) groups is 2. The molecule has 2 heterocycles. The van der Waals surface area contributed by atoms with Crippen LogP contribution in [0.3, 0.4) is 0 Å². The number of fused-ring (bicyclic) bond motifs is 1. The van der Waals surface area contributed by atoms with Crippen LogP contribution in [0.5, 0.6) is 0 Å². The SMILES string of the molecule is COC(=O)C(Cc1ccccc1)NC(=O)N1CCc2[nH]cnc2C1c1cccc(F)c1. The predicted octanol–water partition coefficient (Wildman–Crippen LogP) is 2.99. The predicted molar refractivity (Wildman–Crippen MR) is 112 cm³/mol. The van der Waals surface area contributed by atoms with Gasteiger partial charge in [0.1, 0.15) is 17.9 Å². The zero-order chi connectivity index (χ0) is 21.8. The molecule has 0 spiro atoms. The summed E-state index contributed by atoms with van der Waals surface area (Å²) in [5.74, 6) is -0.922. The van der Waals surface area contributed by atoms with E-state index in [1.807, 2.05) is 30.3 Å². The van der Waals surface area contributed by atoms with Gasteiger partial charge in [-0.15, -0.1) is 0 Å². The average Bonchev–Trinajstić information content (AvgIpc) is 3.27. The van der Waals surface area contributed by atoms with E-state index in [2.05, 4.69) is 15.3 Å². The number of rotatable bonds is 5. The number of imidazole rings is 1. The Bertz CT molecular complexity index is 1070. The van der Waals surface area contributed by atoms with Gasteiger partial charge in [0.2, 0.25) is 0 Å². The molecule has 0 radical (unpaired) electrons. The van der Waals surface area contributed by atoms with Gasteiger partial charge in [-0.3, -0.25) is 0 Å². The highest BCUT2D eigenvalue weighted by Gasteiger charge is 2.36. The highest BCUT2D eigenvalue weighted by molar-refractivity contribution is 5.84. The second-order valence-electron chi connectivity index (χ2n) is 7.38. The number of carbonyl (C=O) groups excluding carboxylic acids is 2. The Morgan fingerprint density at radius 3 is 2.81 bits per heavy atom. The third kappa shape index (κ3) is 4.42. The summed E-state index contributed by atoms with van der Waals surface area (Å²) in [5.41, 5.74) is 3.09. The minimum atomic E-state index is -0.853. The number of ether oxygens (including phenoxy) is 1. The Kier molecular flexibility index (Phi) is 5.97. The molecule has 2 aromatic carbocycles.